The van der Waals surface area contributed by atoms with Gasteiger partial charge in [0.2, 0.25) is 0 Å². The first-order valence-electron chi connectivity index (χ1n) is 4.35. The van der Waals surface area contributed by atoms with Gasteiger partial charge in [-0.25, -0.2) is 0 Å². The topological polar surface area (TPSA) is 53.7 Å². The quantitative estimate of drug-likeness (QED) is 0.565. The predicted molar refractivity (Wildman–Crippen MR) is 54.4 cm³/mol. The van der Waals surface area contributed by atoms with Gasteiger partial charge in [0.15, 0.2) is 0 Å². The van der Waals surface area contributed by atoms with Crippen molar-refractivity contribution >= 4 is 12.4 Å². The molecule has 0 aliphatic rings. The average molecular weight is 214 g/mol. The Kier molecular flexibility index (Phi) is 17.6. The second-order valence-electron chi connectivity index (χ2n) is 2.21. The third kappa shape index (κ3) is 14.9. The molecule has 82 valence electrons. The van der Waals surface area contributed by atoms with Crippen molar-refractivity contribution in [3.63, 3.8) is 0 Å². The molecule has 0 heterocycles. The van der Waals surface area contributed by atoms with Crippen LogP contribution in [0.4, 0.5) is 0 Å². The zero-order valence-electron chi connectivity index (χ0n) is 8.16. The Morgan fingerprint density at radius 2 is 1.31 bits per heavy atom. The lowest BCUT2D eigenvalue weighted by molar-refractivity contribution is 0.0185. The van der Waals surface area contributed by atoms with E-state index in [1.54, 1.807) is 0 Å². The molecule has 0 spiro atoms. The standard InChI is InChI=1S/C8H19NO3.ClH/c1-2-10-5-6-12-8-7-11-4-3-9;/h2-9H2,1H3;1H. The first kappa shape index (κ1) is 15.6. The summed E-state index contributed by atoms with van der Waals surface area (Å²) in [5.41, 5.74) is 5.22. The normalized spacial score (nSPS) is 9.69. The Morgan fingerprint density at radius 3 is 1.77 bits per heavy atom. The van der Waals surface area contributed by atoms with E-state index in [4.69, 9.17) is 19.9 Å². The van der Waals surface area contributed by atoms with Crippen molar-refractivity contribution in [1.82, 2.24) is 0 Å². The largest absolute Gasteiger partial charge is 0.379 e. The van der Waals surface area contributed by atoms with Gasteiger partial charge in [0.05, 0.1) is 33.0 Å². The summed E-state index contributed by atoms with van der Waals surface area (Å²) in [5.74, 6) is 0. The Morgan fingerprint density at radius 1 is 0.846 bits per heavy atom. The van der Waals surface area contributed by atoms with Gasteiger partial charge < -0.3 is 19.9 Å². The molecule has 0 aliphatic heterocycles. The summed E-state index contributed by atoms with van der Waals surface area (Å²) in [4.78, 5) is 0. The van der Waals surface area contributed by atoms with Crippen LogP contribution in [0.3, 0.4) is 0 Å². The van der Waals surface area contributed by atoms with E-state index in [1.807, 2.05) is 6.92 Å². The van der Waals surface area contributed by atoms with Gasteiger partial charge in [0, 0.05) is 13.2 Å². The van der Waals surface area contributed by atoms with Gasteiger partial charge in [0.1, 0.15) is 0 Å². The summed E-state index contributed by atoms with van der Waals surface area (Å²) in [6.07, 6.45) is 0. The number of ether oxygens (including phenoxy) is 3. The molecule has 0 unspecified atom stereocenters. The minimum absolute atomic E-state index is 0. The summed E-state index contributed by atoms with van der Waals surface area (Å²) in [6.45, 7) is 6.41. The molecule has 0 saturated carbocycles. The van der Waals surface area contributed by atoms with Crippen LogP contribution in [-0.2, 0) is 14.2 Å². The third-order valence-electron chi connectivity index (χ3n) is 1.21. The zero-order valence-corrected chi connectivity index (χ0v) is 8.98. The maximum absolute atomic E-state index is 5.22. The van der Waals surface area contributed by atoms with E-state index in [2.05, 4.69) is 0 Å². The maximum Gasteiger partial charge on any atom is 0.0701 e. The first-order chi connectivity index (χ1) is 5.91. The molecule has 0 aromatic rings. The van der Waals surface area contributed by atoms with E-state index in [-0.39, 0.29) is 12.4 Å². The van der Waals surface area contributed by atoms with Crippen LogP contribution in [0.25, 0.3) is 0 Å². The Hall–Kier alpha value is 0.130. The van der Waals surface area contributed by atoms with Crippen molar-refractivity contribution in [2.24, 2.45) is 5.73 Å². The molecule has 4 nitrogen and oxygen atoms in total. The minimum atomic E-state index is 0. The van der Waals surface area contributed by atoms with Crippen LogP contribution in [0.15, 0.2) is 0 Å². The monoisotopic (exact) mass is 213 g/mol. The molecular formula is C8H20ClNO3. The molecule has 0 amide bonds. The molecular weight excluding hydrogens is 194 g/mol. The highest BCUT2D eigenvalue weighted by Crippen LogP contribution is 1.79. The number of hydrogen-bond acceptors (Lipinski definition) is 4. The fourth-order valence-corrected chi connectivity index (χ4v) is 0.667. The third-order valence-corrected chi connectivity index (χ3v) is 1.21. The lowest BCUT2D eigenvalue weighted by Crippen LogP contribution is -2.13. The van der Waals surface area contributed by atoms with Crippen molar-refractivity contribution in [2.45, 2.75) is 6.92 Å². The fraction of sp³-hybridized carbons (Fsp3) is 1.00. The van der Waals surface area contributed by atoms with E-state index in [0.29, 0.717) is 39.6 Å². The molecule has 0 bridgehead atoms. The SMILES string of the molecule is CCOCCOCCOCCN.Cl. The molecule has 0 saturated heterocycles. The fourth-order valence-electron chi connectivity index (χ4n) is 0.667. The molecule has 13 heavy (non-hydrogen) atoms. The molecule has 0 rings (SSSR count). The molecule has 0 aromatic heterocycles. The van der Waals surface area contributed by atoms with Gasteiger partial charge in [-0.15, -0.1) is 12.4 Å². The van der Waals surface area contributed by atoms with Gasteiger partial charge in [-0.1, -0.05) is 0 Å². The Balaban J connectivity index is 0. The van der Waals surface area contributed by atoms with Gasteiger partial charge in [-0.2, -0.15) is 0 Å². The number of halogens is 1. The van der Waals surface area contributed by atoms with Crippen LogP contribution in [-0.4, -0.2) is 46.2 Å². The lowest BCUT2D eigenvalue weighted by Gasteiger charge is -2.04. The second-order valence-corrected chi connectivity index (χ2v) is 2.21. The minimum Gasteiger partial charge on any atom is -0.379 e. The van der Waals surface area contributed by atoms with Crippen molar-refractivity contribution in [3.8, 4) is 0 Å². The molecule has 2 N–H and O–H groups in total. The summed E-state index contributed by atoms with van der Waals surface area (Å²) in [7, 11) is 0. The number of hydrogen-bond donors (Lipinski definition) is 1. The highest BCUT2D eigenvalue weighted by molar-refractivity contribution is 5.85. The molecule has 0 radical (unpaired) electrons. The smallest absolute Gasteiger partial charge is 0.0701 e. The predicted octanol–water partition coefficient (Wildman–Crippen LogP) is 0.437. The van der Waals surface area contributed by atoms with Crippen molar-refractivity contribution in [3.05, 3.63) is 0 Å². The van der Waals surface area contributed by atoms with Gasteiger partial charge in [-0.05, 0) is 6.92 Å². The molecule has 0 atom stereocenters. The van der Waals surface area contributed by atoms with Crippen molar-refractivity contribution in [1.29, 1.82) is 0 Å². The summed E-state index contributed by atoms with van der Waals surface area (Å²) < 4.78 is 15.4. The van der Waals surface area contributed by atoms with E-state index in [1.165, 1.54) is 0 Å². The Labute approximate surface area is 86.1 Å². The molecule has 5 heteroatoms. The van der Waals surface area contributed by atoms with Gasteiger partial charge in [-0.3, -0.25) is 0 Å². The molecule has 0 fully saturated rings. The van der Waals surface area contributed by atoms with E-state index >= 15 is 0 Å². The highest BCUT2D eigenvalue weighted by atomic mass is 35.5. The van der Waals surface area contributed by atoms with Crippen LogP contribution in [0.5, 0.6) is 0 Å². The highest BCUT2D eigenvalue weighted by Gasteiger charge is 1.88. The van der Waals surface area contributed by atoms with Crippen LogP contribution in [0, 0.1) is 0 Å². The van der Waals surface area contributed by atoms with Crippen molar-refractivity contribution in [2.75, 3.05) is 46.2 Å². The zero-order chi connectivity index (χ0) is 9.07. The van der Waals surface area contributed by atoms with E-state index in [0.717, 1.165) is 6.61 Å². The van der Waals surface area contributed by atoms with Crippen molar-refractivity contribution < 1.29 is 14.2 Å². The molecule has 0 aromatic carbocycles. The number of rotatable bonds is 9. The first-order valence-corrected chi connectivity index (χ1v) is 4.35. The Bertz CT molecular complexity index is 75.8. The van der Waals surface area contributed by atoms with Crippen LogP contribution in [0.2, 0.25) is 0 Å². The van der Waals surface area contributed by atoms with Gasteiger partial charge in [0.25, 0.3) is 0 Å². The van der Waals surface area contributed by atoms with E-state index in [9.17, 15) is 0 Å². The summed E-state index contributed by atoms with van der Waals surface area (Å²) in [6, 6.07) is 0. The van der Waals surface area contributed by atoms with Crippen LogP contribution < -0.4 is 5.73 Å². The molecule has 0 aliphatic carbocycles. The second kappa shape index (κ2) is 14.6. The van der Waals surface area contributed by atoms with Gasteiger partial charge >= 0.3 is 0 Å². The summed E-state index contributed by atoms with van der Waals surface area (Å²) >= 11 is 0. The van der Waals surface area contributed by atoms with Crippen LogP contribution in [0.1, 0.15) is 6.92 Å². The average Bonchev–Trinajstić information content (AvgIpc) is 2.10. The van der Waals surface area contributed by atoms with Crippen LogP contribution >= 0.6 is 12.4 Å². The summed E-state index contributed by atoms with van der Waals surface area (Å²) in [5, 5.41) is 0. The lowest BCUT2D eigenvalue weighted by atomic mass is 10.7. The maximum atomic E-state index is 5.22. The van der Waals surface area contributed by atoms with E-state index < -0.39 is 0 Å². The number of nitrogens with two attached hydrogens (primary N) is 1.